The molecule has 0 saturated heterocycles. The Morgan fingerprint density at radius 3 is 1.54 bits per heavy atom. The molecule has 0 atom stereocenters. The molecule has 0 saturated carbocycles. The smallest absolute Gasteiger partial charge is 0.150 e. The van der Waals surface area contributed by atoms with Gasteiger partial charge in [-0.1, -0.05) is 97.1 Å². The van der Waals surface area contributed by atoms with Crippen LogP contribution in [0, 0.1) is 0 Å². The highest BCUT2D eigenvalue weighted by atomic mass is 16.1. The lowest BCUT2D eigenvalue weighted by atomic mass is 9.74. The van der Waals surface area contributed by atoms with Gasteiger partial charge >= 0.3 is 0 Å². The third kappa shape index (κ3) is 3.21. The van der Waals surface area contributed by atoms with E-state index in [2.05, 4.69) is 37.3 Å². The third-order valence-corrected chi connectivity index (χ3v) is 4.43. The highest BCUT2D eigenvalue weighted by molar-refractivity contribution is 6.07. The van der Waals surface area contributed by atoms with Crippen LogP contribution in [0.25, 0.3) is 5.57 Å². The number of carbonyl (C=O) groups is 1. The van der Waals surface area contributed by atoms with Crippen LogP contribution >= 0.6 is 0 Å². The van der Waals surface area contributed by atoms with Gasteiger partial charge in [-0.2, -0.15) is 0 Å². The van der Waals surface area contributed by atoms with Gasteiger partial charge in [-0.25, -0.2) is 0 Å². The summed E-state index contributed by atoms with van der Waals surface area (Å²) in [5.41, 5.74) is 3.57. The molecule has 24 heavy (non-hydrogen) atoms. The van der Waals surface area contributed by atoms with E-state index in [9.17, 15) is 4.79 Å². The lowest BCUT2D eigenvalue weighted by molar-refractivity contribution is -0.103. The van der Waals surface area contributed by atoms with E-state index in [-0.39, 0.29) is 5.41 Å². The predicted octanol–water partition coefficient (Wildman–Crippen LogP) is 5.28. The van der Waals surface area contributed by atoms with Crippen molar-refractivity contribution in [3.8, 4) is 0 Å². The lowest BCUT2D eigenvalue weighted by Crippen LogP contribution is -2.21. The first-order valence-electron chi connectivity index (χ1n) is 8.08. The first-order valence-corrected chi connectivity index (χ1v) is 8.08. The Balaban J connectivity index is 2.19. The zero-order chi connectivity index (χ0) is 16.8. The van der Waals surface area contributed by atoms with E-state index in [1.165, 1.54) is 0 Å². The molecule has 0 fully saturated rings. The van der Waals surface area contributed by atoms with Crippen LogP contribution in [-0.2, 0) is 10.2 Å². The van der Waals surface area contributed by atoms with Gasteiger partial charge in [0.15, 0.2) is 0 Å². The molecule has 0 aromatic heterocycles. The van der Waals surface area contributed by atoms with E-state index in [1.807, 2.05) is 66.7 Å². The molecule has 0 N–H and O–H groups in total. The average Bonchev–Trinajstić information content (AvgIpc) is 2.68. The largest absolute Gasteiger partial charge is 0.298 e. The van der Waals surface area contributed by atoms with E-state index < -0.39 is 0 Å². The van der Waals surface area contributed by atoms with Crippen LogP contribution < -0.4 is 0 Å². The Morgan fingerprint density at radius 1 is 0.708 bits per heavy atom. The standard InChI is InChI=1S/C23H20O/c1-23(21-13-7-3-8-14-21,22-15-9-4-10-16-22)17-20(18-24)19-11-5-2-6-12-19/h2-18H,1H3/b20-17-. The molecule has 1 heteroatoms. The van der Waals surface area contributed by atoms with E-state index in [0.717, 1.165) is 23.0 Å². The number of benzene rings is 3. The molecule has 0 unspecified atom stereocenters. The van der Waals surface area contributed by atoms with E-state index in [0.29, 0.717) is 5.57 Å². The predicted molar refractivity (Wildman–Crippen MR) is 99.8 cm³/mol. The van der Waals surface area contributed by atoms with Crippen molar-refractivity contribution in [3.63, 3.8) is 0 Å². The maximum Gasteiger partial charge on any atom is 0.150 e. The van der Waals surface area contributed by atoms with Crippen molar-refractivity contribution >= 4 is 11.9 Å². The molecule has 1 nitrogen and oxygen atoms in total. The molecule has 118 valence electrons. The highest BCUT2D eigenvalue weighted by Gasteiger charge is 2.27. The third-order valence-electron chi connectivity index (χ3n) is 4.43. The van der Waals surface area contributed by atoms with E-state index in [4.69, 9.17) is 0 Å². The number of hydrogen-bond acceptors (Lipinski definition) is 1. The van der Waals surface area contributed by atoms with Crippen LogP contribution in [0.1, 0.15) is 23.6 Å². The fraction of sp³-hybridized carbons (Fsp3) is 0.0870. The van der Waals surface area contributed by atoms with Crippen molar-refractivity contribution in [1.82, 2.24) is 0 Å². The second-order valence-corrected chi connectivity index (χ2v) is 6.02. The van der Waals surface area contributed by atoms with Crippen molar-refractivity contribution < 1.29 is 4.79 Å². The minimum Gasteiger partial charge on any atom is -0.298 e. The van der Waals surface area contributed by atoms with Crippen LogP contribution in [-0.4, -0.2) is 6.29 Å². The van der Waals surface area contributed by atoms with Crippen LogP contribution in [0.2, 0.25) is 0 Å². The molecule has 3 aromatic carbocycles. The molecule has 0 spiro atoms. The molecule has 3 aromatic rings. The highest BCUT2D eigenvalue weighted by Crippen LogP contribution is 2.35. The van der Waals surface area contributed by atoms with Crippen LogP contribution in [0.3, 0.4) is 0 Å². The van der Waals surface area contributed by atoms with Gasteiger partial charge < -0.3 is 0 Å². The van der Waals surface area contributed by atoms with Crippen molar-refractivity contribution in [2.75, 3.05) is 0 Å². The van der Waals surface area contributed by atoms with Crippen molar-refractivity contribution in [1.29, 1.82) is 0 Å². The Morgan fingerprint density at radius 2 is 1.12 bits per heavy atom. The molecule has 0 aliphatic rings. The maximum absolute atomic E-state index is 11.8. The molecule has 0 heterocycles. The summed E-state index contributed by atoms with van der Waals surface area (Å²) in [6.07, 6.45) is 3.01. The van der Waals surface area contributed by atoms with Crippen molar-refractivity contribution in [3.05, 3.63) is 114 Å². The van der Waals surface area contributed by atoms with Crippen LogP contribution in [0.5, 0.6) is 0 Å². The quantitative estimate of drug-likeness (QED) is 0.463. The Labute approximate surface area is 143 Å². The Hall–Kier alpha value is -2.93. The number of allylic oxidation sites excluding steroid dienone is 2. The van der Waals surface area contributed by atoms with Crippen LogP contribution in [0.4, 0.5) is 0 Å². The normalized spacial score (nSPS) is 12.0. The molecular weight excluding hydrogens is 292 g/mol. The summed E-state index contributed by atoms with van der Waals surface area (Å²) in [4.78, 5) is 11.8. The number of aldehydes is 1. The molecular formula is C23H20O. The first-order chi connectivity index (χ1) is 11.7. The number of rotatable bonds is 5. The van der Waals surface area contributed by atoms with Gasteiger partial charge in [-0.15, -0.1) is 0 Å². The molecule has 0 amide bonds. The second kappa shape index (κ2) is 7.10. The van der Waals surface area contributed by atoms with Gasteiger partial charge in [-0.3, -0.25) is 4.79 Å². The van der Waals surface area contributed by atoms with Crippen LogP contribution in [0.15, 0.2) is 97.1 Å². The summed E-state index contributed by atoms with van der Waals surface area (Å²) in [5, 5.41) is 0. The Bertz CT molecular complexity index is 778. The summed E-state index contributed by atoms with van der Waals surface area (Å²) in [7, 11) is 0. The van der Waals surface area contributed by atoms with Gasteiger partial charge in [0.05, 0.1) is 0 Å². The van der Waals surface area contributed by atoms with Gasteiger partial charge in [0.2, 0.25) is 0 Å². The molecule has 3 rings (SSSR count). The number of carbonyl (C=O) groups excluding carboxylic acids is 1. The zero-order valence-corrected chi connectivity index (χ0v) is 13.7. The lowest BCUT2D eigenvalue weighted by Gasteiger charge is -2.28. The van der Waals surface area contributed by atoms with Gasteiger partial charge in [0, 0.05) is 11.0 Å². The van der Waals surface area contributed by atoms with E-state index >= 15 is 0 Å². The summed E-state index contributed by atoms with van der Waals surface area (Å²) in [6.45, 7) is 2.16. The SMILES string of the molecule is CC(/C=C(/C=O)c1ccccc1)(c1ccccc1)c1ccccc1. The fourth-order valence-corrected chi connectivity index (χ4v) is 3.03. The Kier molecular flexibility index (Phi) is 4.72. The minimum atomic E-state index is -0.380. The summed E-state index contributed by atoms with van der Waals surface area (Å²) < 4.78 is 0. The van der Waals surface area contributed by atoms with Gasteiger partial charge in [0.25, 0.3) is 0 Å². The molecule has 0 radical (unpaired) electrons. The minimum absolute atomic E-state index is 0.380. The van der Waals surface area contributed by atoms with Gasteiger partial charge in [0.1, 0.15) is 6.29 Å². The fourth-order valence-electron chi connectivity index (χ4n) is 3.03. The van der Waals surface area contributed by atoms with Gasteiger partial charge in [-0.05, 0) is 23.6 Å². The average molecular weight is 312 g/mol. The topological polar surface area (TPSA) is 17.1 Å². The maximum atomic E-state index is 11.8. The second-order valence-electron chi connectivity index (χ2n) is 6.02. The number of hydrogen-bond donors (Lipinski definition) is 0. The first kappa shape index (κ1) is 15.9. The van der Waals surface area contributed by atoms with Crippen molar-refractivity contribution in [2.24, 2.45) is 0 Å². The zero-order valence-electron chi connectivity index (χ0n) is 13.7. The van der Waals surface area contributed by atoms with Crippen molar-refractivity contribution in [2.45, 2.75) is 12.3 Å². The monoisotopic (exact) mass is 312 g/mol. The van der Waals surface area contributed by atoms with E-state index in [1.54, 1.807) is 0 Å². The molecule has 0 aliphatic carbocycles. The molecule has 0 bridgehead atoms. The summed E-state index contributed by atoms with van der Waals surface area (Å²) >= 11 is 0. The summed E-state index contributed by atoms with van der Waals surface area (Å²) in [5.74, 6) is 0. The molecule has 0 aliphatic heterocycles. The summed E-state index contributed by atoms with van der Waals surface area (Å²) in [6, 6.07) is 30.4.